The van der Waals surface area contributed by atoms with E-state index >= 15 is 0 Å². The minimum Gasteiger partial charge on any atom is -0.170 e. The highest BCUT2D eigenvalue weighted by Gasteiger charge is 2.40. The standard InChI is InChI=1S/C22H19F3/c23-22(24,25)21(16-11-17-7-3-1-4-8-17)20-14-12-19(13-15-20)18-9-5-2-6-10-18/h1-10,12-15,21H,11,16H2/t21-/m0/s1. The predicted octanol–water partition coefficient (Wildman–Crippen LogP) is 6.63. The highest BCUT2D eigenvalue weighted by molar-refractivity contribution is 5.63. The molecule has 25 heavy (non-hydrogen) atoms. The Kier molecular flexibility index (Phi) is 5.22. The third-order valence-corrected chi connectivity index (χ3v) is 4.38. The lowest BCUT2D eigenvalue weighted by Gasteiger charge is -2.21. The number of hydrogen-bond acceptors (Lipinski definition) is 0. The van der Waals surface area contributed by atoms with Gasteiger partial charge in [-0.15, -0.1) is 0 Å². The van der Waals surface area contributed by atoms with Gasteiger partial charge in [-0.25, -0.2) is 0 Å². The molecule has 0 amide bonds. The third kappa shape index (κ3) is 4.50. The molecule has 0 saturated heterocycles. The Morgan fingerprint density at radius 3 is 1.72 bits per heavy atom. The molecule has 128 valence electrons. The SMILES string of the molecule is FC(F)(F)[C@@H](CCc1ccccc1)c1ccc(-c2ccccc2)cc1. The number of benzene rings is 3. The van der Waals surface area contributed by atoms with Crippen molar-refractivity contribution < 1.29 is 13.2 Å². The average molecular weight is 340 g/mol. The van der Waals surface area contributed by atoms with Gasteiger partial charge in [-0.05, 0) is 35.1 Å². The summed E-state index contributed by atoms with van der Waals surface area (Å²) in [7, 11) is 0. The molecule has 0 unspecified atom stereocenters. The molecule has 0 bridgehead atoms. The van der Waals surface area contributed by atoms with Crippen molar-refractivity contribution in [3.8, 4) is 11.1 Å². The Bertz CT molecular complexity index is 775. The molecule has 0 aliphatic rings. The molecule has 0 aliphatic carbocycles. The lowest BCUT2D eigenvalue weighted by Crippen LogP contribution is -2.21. The van der Waals surface area contributed by atoms with Gasteiger partial charge in [0.25, 0.3) is 0 Å². The van der Waals surface area contributed by atoms with Gasteiger partial charge in [-0.2, -0.15) is 13.2 Å². The fourth-order valence-electron chi connectivity index (χ4n) is 3.01. The van der Waals surface area contributed by atoms with Crippen LogP contribution in [0, 0.1) is 0 Å². The number of alkyl halides is 3. The van der Waals surface area contributed by atoms with E-state index in [1.807, 2.05) is 60.7 Å². The maximum atomic E-state index is 13.5. The third-order valence-electron chi connectivity index (χ3n) is 4.38. The van der Waals surface area contributed by atoms with Gasteiger partial charge in [-0.3, -0.25) is 0 Å². The summed E-state index contributed by atoms with van der Waals surface area (Å²) in [5.41, 5.74) is 3.18. The van der Waals surface area contributed by atoms with Crippen LogP contribution in [0.3, 0.4) is 0 Å². The summed E-state index contributed by atoms with van der Waals surface area (Å²) >= 11 is 0. The molecular weight excluding hydrogens is 321 g/mol. The molecule has 0 saturated carbocycles. The van der Waals surface area contributed by atoms with E-state index in [1.165, 1.54) is 0 Å². The first-order valence-electron chi connectivity index (χ1n) is 8.30. The molecule has 0 fully saturated rings. The number of halogens is 3. The first kappa shape index (κ1) is 17.3. The summed E-state index contributed by atoms with van der Waals surface area (Å²) in [5.74, 6) is -1.45. The van der Waals surface area contributed by atoms with E-state index in [4.69, 9.17) is 0 Å². The van der Waals surface area contributed by atoms with Crippen molar-refractivity contribution in [2.24, 2.45) is 0 Å². The van der Waals surface area contributed by atoms with Crippen LogP contribution in [0.4, 0.5) is 13.2 Å². The van der Waals surface area contributed by atoms with Crippen LogP contribution < -0.4 is 0 Å². The van der Waals surface area contributed by atoms with Crippen LogP contribution in [-0.2, 0) is 6.42 Å². The van der Waals surface area contributed by atoms with Crippen molar-refractivity contribution in [3.05, 3.63) is 96.1 Å². The van der Waals surface area contributed by atoms with Crippen LogP contribution in [0.1, 0.15) is 23.5 Å². The van der Waals surface area contributed by atoms with E-state index in [-0.39, 0.29) is 6.42 Å². The monoisotopic (exact) mass is 340 g/mol. The zero-order valence-corrected chi connectivity index (χ0v) is 13.7. The van der Waals surface area contributed by atoms with Crippen LogP contribution in [-0.4, -0.2) is 6.18 Å². The summed E-state index contributed by atoms with van der Waals surface area (Å²) in [6.07, 6.45) is -3.79. The second-order valence-corrected chi connectivity index (χ2v) is 6.11. The normalized spacial score (nSPS) is 12.8. The van der Waals surface area contributed by atoms with E-state index in [9.17, 15) is 13.2 Å². The zero-order chi connectivity index (χ0) is 17.7. The Balaban J connectivity index is 1.79. The quantitative estimate of drug-likeness (QED) is 0.489. The van der Waals surface area contributed by atoms with Crippen LogP contribution >= 0.6 is 0 Å². The molecule has 0 aromatic heterocycles. The molecule has 3 rings (SSSR count). The highest BCUT2D eigenvalue weighted by atomic mass is 19.4. The van der Waals surface area contributed by atoms with E-state index in [2.05, 4.69) is 0 Å². The molecule has 0 radical (unpaired) electrons. The molecule has 3 heteroatoms. The van der Waals surface area contributed by atoms with Crippen molar-refractivity contribution in [1.29, 1.82) is 0 Å². The van der Waals surface area contributed by atoms with Crippen molar-refractivity contribution in [2.75, 3.05) is 0 Å². The van der Waals surface area contributed by atoms with E-state index in [0.717, 1.165) is 16.7 Å². The topological polar surface area (TPSA) is 0 Å². The molecule has 0 heterocycles. The molecule has 3 aromatic carbocycles. The molecule has 3 aromatic rings. The second-order valence-electron chi connectivity index (χ2n) is 6.11. The summed E-state index contributed by atoms with van der Waals surface area (Å²) in [6, 6.07) is 25.7. The van der Waals surface area contributed by atoms with Gasteiger partial charge in [0, 0.05) is 0 Å². The minimum atomic E-state index is -4.25. The van der Waals surface area contributed by atoms with Gasteiger partial charge in [0.2, 0.25) is 0 Å². The molecule has 0 nitrogen and oxygen atoms in total. The maximum absolute atomic E-state index is 13.5. The second kappa shape index (κ2) is 7.56. The lowest BCUT2D eigenvalue weighted by atomic mass is 9.90. The number of hydrogen-bond donors (Lipinski definition) is 0. The van der Waals surface area contributed by atoms with Gasteiger partial charge >= 0.3 is 6.18 Å². The van der Waals surface area contributed by atoms with Gasteiger partial charge in [0.1, 0.15) is 0 Å². The summed E-state index contributed by atoms with van der Waals surface area (Å²) in [5, 5.41) is 0. The van der Waals surface area contributed by atoms with Crippen molar-refractivity contribution >= 4 is 0 Å². The van der Waals surface area contributed by atoms with Gasteiger partial charge in [0.15, 0.2) is 0 Å². The van der Waals surface area contributed by atoms with Crippen molar-refractivity contribution in [3.63, 3.8) is 0 Å². The Morgan fingerprint density at radius 1 is 0.640 bits per heavy atom. The first-order valence-corrected chi connectivity index (χ1v) is 8.30. The van der Waals surface area contributed by atoms with Gasteiger partial charge in [-0.1, -0.05) is 84.9 Å². The minimum absolute atomic E-state index is 0.0538. The van der Waals surface area contributed by atoms with Crippen molar-refractivity contribution in [2.45, 2.75) is 24.9 Å². The van der Waals surface area contributed by atoms with Crippen LogP contribution in [0.5, 0.6) is 0 Å². The fourth-order valence-corrected chi connectivity index (χ4v) is 3.01. The maximum Gasteiger partial charge on any atom is 0.395 e. The Hall–Kier alpha value is -2.55. The highest BCUT2D eigenvalue weighted by Crippen LogP contribution is 2.38. The molecule has 1 atom stereocenters. The Labute approximate surface area is 146 Å². The van der Waals surface area contributed by atoms with Gasteiger partial charge < -0.3 is 0 Å². The molecule has 0 spiro atoms. The van der Waals surface area contributed by atoms with Crippen LogP contribution in [0.2, 0.25) is 0 Å². The number of rotatable bonds is 5. The van der Waals surface area contributed by atoms with Crippen molar-refractivity contribution in [1.82, 2.24) is 0 Å². The molecular formula is C22H19F3. The largest absolute Gasteiger partial charge is 0.395 e. The summed E-state index contributed by atoms with van der Waals surface area (Å²) in [6.45, 7) is 0. The predicted molar refractivity (Wildman–Crippen MR) is 95.4 cm³/mol. The van der Waals surface area contributed by atoms with Crippen LogP contribution in [0.25, 0.3) is 11.1 Å². The zero-order valence-electron chi connectivity index (χ0n) is 13.7. The van der Waals surface area contributed by atoms with Crippen LogP contribution in [0.15, 0.2) is 84.9 Å². The summed E-state index contributed by atoms with van der Waals surface area (Å²) in [4.78, 5) is 0. The summed E-state index contributed by atoms with van der Waals surface area (Å²) < 4.78 is 40.6. The van der Waals surface area contributed by atoms with E-state index in [1.54, 1.807) is 24.3 Å². The van der Waals surface area contributed by atoms with E-state index in [0.29, 0.717) is 12.0 Å². The Morgan fingerprint density at radius 2 is 1.16 bits per heavy atom. The smallest absolute Gasteiger partial charge is 0.170 e. The fraction of sp³-hybridized carbons (Fsp3) is 0.182. The lowest BCUT2D eigenvalue weighted by molar-refractivity contribution is -0.151. The average Bonchev–Trinajstić information content (AvgIpc) is 2.63. The van der Waals surface area contributed by atoms with Gasteiger partial charge in [0.05, 0.1) is 5.92 Å². The molecule has 0 N–H and O–H groups in total. The van der Waals surface area contributed by atoms with E-state index < -0.39 is 12.1 Å². The number of aryl methyl sites for hydroxylation is 1. The molecule has 0 aliphatic heterocycles. The first-order chi connectivity index (χ1) is 12.0.